The molecule has 0 spiro atoms. The van der Waals surface area contributed by atoms with Gasteiger partial charge in [0.25, 0.3) is 11.1 Å². The maximum Gasteiger partial charge on any atom is 0.289 e. The van der Waals surface area contributed by atoms with Gasteiger partial charge < -0.3 is 9.88 Å². The van der Waals surface area contributed by atoms with Gasteiger partial charge >= 0.3 is 0 Å². The van der Waals surface area contributed by atoms with Gasteiger partial charge in [0.15, 0.2) is 0 Å². The van der Waals surface area contributed by atoms with Crippen molar-refractivity contribution in [3.05, 3.63) is 36.0 Å². The summed E-state index contributed by atoms with van der Waals surface area (Å²) in [4.78, 5) is 42.6. The third kappa shape index (κ3) is 2.58. The molecule has 2 aliphatic heterocycles. The van der Waals surface area contributed by atoms with Crippen molar-refractivity contribution in [3.8, 4) is 0 Å². The van der Waals surface area contributed by atoms with Gasteiger partial charge in [-0.15, -0.1) is 0 Å². The van der Waals surface area contributed by atoms with Gasteiger partial charge in [-0.2, -0.15) is 0 Å². The van der Waals surface area contributed by atoms with Crippen LogP contribution in [0, 0.1) is 0 Å². The van der Waals surface area contributed by atoms with Crippen LogP contribution >= 0.6 is 11.8 Å². The molecule has 124 valence electrons. The molecule has 24 heavy (non-hydrogen) atoms. The summed E-state index contributed by atoms with van der Waals surface area (Å²) in [5, 5.41) is 0.865. The van der Waals surface area contributed by atoms with E-state index >= 15 is 0 Å². The van der Waals surface area contributed by atoms with Crippen LogP contribution in [0.1, 0.15) is 23.2 Å². The van der Waals surface area contributed by atoms with Gasteiger partial charge in [-0.05, 0) is 37.1 Å². The van der Waals surface area contributed by atoms with Crippen LogP contribution in [0.15, 0.2) is 30.5 Å². The number of rotatable bonds is 2. The molecule has 4 rings (SSSR count). The quantitative estimate of drug-likeness (QED) is 0.909. The van der Waals surface area contributed by atoms with E-state index in [1.54, 1.807) is 0 Å². The summed E-state index contributed by atoms with van der Waals surface area (Å²) in [5.74, 6) is 0.145. The Labute approximate surface area is 143 Å². The summed E-state index contributed by atoms with van der Waals surface area (Å²) in [6.45, 7) is 1.13. The molecule has 7 heteroatoms. The second-order valence-electron chi connectivity index (χ2n) is 6.12. The summed E-state index contributed by atoms with van der Waals surface area (Å²) in [6.07, 6.45) is 3.15. The molecule has 1 N–H and O–H groups in total. The number of carbonyl (C=O) groups is 3. The first-order valence-corrected chi connectivity index (χ1v) is 8.97. The zero-order valence-electron chi connectivity index (χ0n) is 13.0. The molecular formula is C17H17N3O3S. The predicted octanol–water partition coefficient (Wildman–Crippen LogP) is 2.47. The number of nitrogens with zero attached hydrogens (tertiary/aromatic N) is 2. The van der Waals surface area contributed by atoms with Gasteiger partial charge in [0, 0.05) is 41.8 Å². The summed E-state index contributed by atoms with van der Waals surface area (Å²) in [7, 11) is 0. The number of piperidine rings is 1. The molecule has 1 aromatic heterocycles. The Morgan fingerprint density at radius 2 is 1.96 bits per heavy atom. The van der Waals surface area contributed by atoms with E-state index in [-0.39, 0.29) is 28.8 Å². The lowest BCUT2D eigenvalue weighted by Crippen LogP contribution is -2.48. The molecular weight excluding hydrogens is 326 g/mol. The monoisotopic (exact) mass is 343 g/mol. The van der Waals surface area contributed by atoms with Crippen LogP contribution in [-0.4, -0.2) is 56.7 Å². The van der Waals surface area contributed by atoms with Crippen molar-refractivity contribution >= 4 is 39.7 Å². The van der Waals surface area contributed by atoms with Gasteiger partial charge in [-0.25, -0.2) is 0 Å². The molecule has 3 heterocycles. The number of thioether (sulfide) groups is 1. The molecule has 0 bridgehead atoms. The average molecular weight is 343 g/mol. The minimum Gasteiger partial charge on any atom is -0.361 e. The Bertz CT molecular complexity index is 807. The van der Waals surface area contributed by atoms with E-state index in [1.807, 2.05) is 35.4 Å². The van der Waals surface area contributed by atoms with Crippen LogP contribution in [-0.2, 0) is 4.79 Å². The number of benzene rings is 1. The molecule has 2 saturated heterocycles. The lowest BCUT2D eigenvalue weighted by atomic mass is 10.0. The first-order valence-electron chi connectivity index (χ1n) is 7.99. The van der Waals surface area contributed by atoms with Crippen LogP contribution in [0.5, 0.6) is 0 Å². The molecule has 2 aliphatic rings. The highest BCUT2D eigenvalue weighted by molar-refractivity contribution is 8.14. The molecule has 3 amide bonds. The van der Waals surface area contributed by atoms with E-state index in [2.05, 4.69) is 4.98 Å². The summed E-state index contributed by atoms with van der Waals surface area (Å²) in [5.41, 5.74) is 1.68. The minimum atomic E-state index is -0.150. The molecule has 6 nitrogen and oxygen atoms in total. The van der Waals surface area contributed by atoms with Gasteiger partial charge in [0.1, 0.15) is 0 Å². The van der Waals surface area contributed by atoms with Crippen molar-refractivity contribution < 1.29 is 14.4 Å². The highest BCUT2D eigenvalue weighted by atomic mass is 32.2. The van der Waals surface area contributed by atoms with E-state index in [4.69, 9.17) is 0 Å². The number of carbonyl (C=O) groups excluding carboxylic acids is 3. The van der Waals surface area contributed by atoms with Gasteiger partial charge in [0.2, 0.25) is 5.91 Å². The SMILES string of the molecule is O=C(c1ccc2[nH]ccc2c1)N1CCC(N2C(=O)CSC2=O)CC1. The number of likely N-dealkylation sites (tertiary alicyclic amines) is 1. The van der Waals surface area contributed by atoms with Crippen molar-refractivity contribution in [2.75, 3.05) is 18.8 Å². The maximum absolute atomic E-state index is 12.7. The zero-order chi connectivity index (χ0) is 16.7. The number of fused-ring (bicyclic) bond motifs is 1. The molecule has 1 aromatic carbocycles. The lowest BCUT2D eigenvalue weighted by Gasteiger charge is -2.35. The van der Waals surface area contributed by atoms with Crippen LogP contribution in [0.25, 0.3) is 10.9 Å². The van der Waals surface area contributed by atoms with E-state index in [9.17, 15) is 14.4 Å². The van der Waals surface area contributed by atoms with Crippen molar-refractivity contribution in [1.82, 2.24) is 14.8 Å². The van der Waals surface area contributed by atoms with Gasteiger partial charge in [0.05, 0.1) is 5.75 Å². The number of nitrogens with one attached hydrogen (secondary N) is 1. The highest BCUT2D eigenvalue weighted by Gasteiger charge is 2.38. The summed E-state index contributed by atoms with van der Waals surface area (Å²) < 4.78 is 0. The number of imide groups is 1. The van der Waals surface area contributed by atoms with Gasteiger partial charge in [-0.3, -0.25) is 19.3 Å². The molecule has 0 atom stereocenters. The molecule has 0 unspecified atom stereocenters. The second-order valence-corrected chi connectivity index (χ2v) is 7.05. The molecule has 0 saturated carbocycles. The molecule has 2 aromatic rings. The summed E-state index contributed by atoms with van der Waals surface area (Å²) >= 11 is 1.07. The Kier molecular flexibility index (Phi) is 3.80. The topological polar surface area (TPSA) is 73.5 Å². The van der Waals surface area contributed by atoms with Crippen LogP contribution in [0.4, 0.5) is 4.79 Å². The number of hydrogen-bond acceptors (Lipinski definition) is 4. The largest absolute Gasteiger partial charge is 0.361 e. The highest BCUT2D eigenvalue weighted by Crippen LogP contribution is 2.27. The third-order valence-corrected chi connectivity index (χ3v) is 5.54. The Morgan fingerprint density at radius 1 is 1.17 bits per heavy atom. The number of aromatic nitrogens is 1. The Morgan fingerprint density at radius 3 is 2.67 bits per heavy atom. The molecule has 2 fully saturated rings. The van der Waals surface area contributed by atoms with Crippen LogP contribution in [0.3, 0.4) is 0 Å². The van der Waals surface area contributed by atoms with Crippen LogP contribution in [0.2, 0.25) is 0 Å². The Hall–Kier alpha value is -2.28. The van der Waals surface area contributed by atoms with E-state index < -0.39 is 0 Å². The number of H-pyrrole nitrogens is 1. The lowest BCUT2D eigenvalue weighted by molar-refractivity contribution is -0.126. The fourth-order valence-electron chi connectivity index (χ4n) is 3.41. The van der Waals surface area contributed by atoms with Crippen LogP contribution < -0.4 is 0 Å². The zero-order valence-corrected chi connectivity index (χ0v) is 13.8. The van der Waals surface area contributed by atoms with Gasteiger partial charge in [-0.1, -0.05) is 11.8 Å². The predicted molar refractivity (Wildman–Crippen MR) is 91.9 cm³/mol. The van der Waals surface area contributed by atoms with Crippen molar-refractivity contribution in [1.29, 1.82) is 0 Å². The smallest absolute Gasteiger partial charge is 0.289 e. The number of hydrogen-bond donors (Lipinski definition) is 1. The maximum atomic E-state index is 12.7. The fraction of sp³-hybridized carbons (Fsp3) is 0.353. The number of aromatic amines is 1. The van der Waals surface area contributed by atoms with Crippen molar-refractivity contribution in [2.24, 2.45) is 0 Å². The number of amides is 3. The van der Waals surface area contributed by atoms with E-state index in [1.165, 1.54) is 4.90 Å². The van der Waals surface area contributed by atoms with E-state index in [0.717, 1.165) is 22.7 Å². The molecule has 0 radical (unpaired) electrons. The van der Waals surface area contributed by atoms with Crippen molar-refractivity contribution in [2.45, 2.75) is 18.9 Å². The second kappa shape index (κ2) is 5.98. The normalized spacial score (nSPS) is 19.5. The average Bonchev–Trinajstić information content (AvgIpc) is 3.20. The molecule has 0 aliphatic carbocycles. The minimum absolute atomic E-state index is 0.00463. The fourth-order valence-corrected chi connectivity index (χ4v) is 4.19. The first kappa shape index (κ1) is 15.3. The Balaban J connectivity index is 1.44. The summed E-state index contributed by atoms with van der Waals surface area (Å²) in [6, 6.07) is 7.51. The first-order chi connectivity index (χ1) is 11.6. The van der Waals surface area contributed by atoms with Crippen molar-refractivity contribution in [3.63, 3.8) is 0 Å². The van der Waals surface area contributed by atoms with E-state index in [0.29, 0.717) is 31.5 Å². The standard InChI is InChI=1S/C17H17N3O3S/c21-15-10-24-17(23)20(15)13-4-7-19(8-5-13)16(22)12-1-2-14-11(9-12)3-6-18-14/h1-3,6,9,13,18H,4-5,7-8,10H2. The third-order valence-electron chi connectivity index (χ3n) is 4.70.